The summed E-state index contributed by atoms with van der Waals surface area (Å²) in [6, 6.07) is 5.41. The molecule has 0 unspecified atom stereocenters. The summed E-state index contributed by atoms with van der Waals surface area (Å²) < 4.78 is 27.3. The average molecular weight is 293 g/mol. The molecule has 0 aliphatic heterocycles. The molecule has 1 aromatic carbocycles. The molecule has 0 heterocycles. The van der Waals surface area contributed by atoms with E-state index in [-0.39, 0.29) is 11.9 Å². The quantitative estimate of drug-likeness (QED) is 0.838. The molecule has 0 radical (unpaired) electrons. The summed E-state index contributed by atoms with van der Waals surface area (Å²) in [5.74, 6) is 5.33. The Hall–Kier alpha value is -1.51. The zero-order chi connectivity index (χ0) is 14.6. The van der Waals surface area contributed by atoms with Gasteiger partial charge in [0.1, 0.15) is 6.61 Å². The summed E-state index contributed by atoms with van der Waals surface area (Å²) in [7, 11) is -3.36. The predicted octanol–water partition coefficient (Wildman–Crippen LogP) is 2.02. The van der Waals surface area contributed by atoms with Gasteiger partial charge in [0.05, 0.1) is 10.9 Å². The summed E-state index contributed by atoms with van der Waals surface area (Å²) in [4.78, 5) is 0. The highest BCUT2D eigenvalue weighted by atomic mass is 32.2. The van der Waals surface area contributed by atoms with Crippen molar-refractivity contribution in [3.63, 3.8) is 0 Å². The summed E-state index contributed by atoms with van der Waals surface area (Å²) >= 11 is 0. The van der Waals surface area contributed by atoms with Crippen molar-refractivity contribution < 1.29 is 13.5 Å². The smallest absolute Gasteiger partial charge is 0.235 e. The maximum atomic E-state index is 12.3. The van der Waals surface area contributed by atoms with Gasteiger partial charge in [0.25, 0.3) is 0 Å². The minimum atomic E-state index is -3.36. The largest absolute Gasteiger partial charge is 0.384 e. The first kappa shape index (κ1) is 14.9. The van der Waals surface area contributed by atoms with Crippen LogP contribution >= 0.6 is 0 Å². The fourth-order valence-electron chi connectivity index (χ4n) is 2.42. The number of aryl methyl sites for hydroxylation is 1. The second kappa shape index (κ2) is 6.29. The Morgan fingerprint density at radius 2 is 2.05 bits per heavy atom. The third-order valence-corrected chi connectivity index (χ3v) is 5.32. The summed E-state index contributed by atoms with van der Waals surface area (Å²) in [6.07, 6.45) is 3.38. The fraction of sp³-hybridized carbons (Fsp3) is 0.467. The van der Waals surface area contributed by atoms with E-state index >= 15 is 0 Å². The van der Waals surface area contributed by atoms with Crippen LogP contribution < -0.4 is 4.72 Å². The molecule has 0 amide bonds. The van der Waals surface area contributed by atoms with Gasteiger partial charge in [0.2, 0.25) is 10.0 Å². The van der Waals surface area contributed by atoms with Crippen LogP contribution in [-0.4, -0.2) is 25.4 Å². The Kier molecular flexibility index (Phi) is 4.69. The molecule has 2 N–H and O–H groups in total. The zero-order valence-electron chi connectivity index (χ0n) is 11.5. The number of aliphatic hydroxyl groups is 1. The standard InChI is InChI=1S/C15H19NO3S/c1-12-8-9-13(5-4-10-17)15(11-12)16-20(18,19)14-6-2-3-7-14/h8-9,11,14,16-17H,2-3,6-7,10H2,1H3. The van der Waals surface area contributed by atoms with Crippen molar-refractivity contribution in [2.45, 2.75) is 37.9 Å². The van der Waals surface area contributed by atoms with E-state index in [4.69, 9.17) is 5.11 Å². The molecular weight excluding hydrogens is 274 g/mol. The van der Waals surface area contributed by atoms with Crippen LogP contribution in [0, 0.1) is 18.8 Å². The van der Waals surface area contributed by atoms with Crippen LogP contribution in [-0.2, 0) is 10.0 Å². The molecule has 1 fully saturated rings. The Morgan fingerprint density at radius 1 is 1.35 bits per heavy atom. The first-order valence-electron chi connectivity index (χ1n) is 6.75. The monoisotopic (exact) mass is 293 g/mol. The number of benzene rings is 1. The highest BCUT2D eigenvalue weighted by Crippen LogP contribution is 2.27. The SMILES string of the molecule is Cc1ccc(C#CCO)c(NS(=O)(=O)C2CCCC2)c1. The fourth-order valence-corrected chi connectivity index (χ4v) is 4.02. The lowest BCUT2D eigenvalue weighted by Crippen LogP contribution is -2.25. The third kappa shape index (κ3) is 3.53. The highest BCUT2D eigenvalue weighted by Gasteiger charge is 2.29. The van der Waals surface area contributed by atoms with Crippen molar-refractivity contribution in [1.82, 2.24) is 0 Å². The number of nitrogens with one attached hydrogen (secondary N) is 1. The molecular formula is C15H19NO3S. The second-order valence-corrected chi connectivity index (χ2v) is 7.02. The van der Waals surface area contributed by atoms with Crippen molar-refractivity contribution in [2.75, 3.05) is 11.3 Å². The third-order valence-electron chi connectivity index (χ3n) is 3.47. The van der Waals surface area contributed by atoms with Gasteiger partial charge in [0, 0.05) is 5.56 Å². The van der Waals surface area contributed by atoms with E-state index in [9.17, 15) is 8.42 Å². The molecule has 0 atom stereocenters. The first-order valence-corrected chi connectivity index (χ1v) is 8.29. The van der Waals surface area contributed by atoms with Crippen LogP contribution in [0.5, 0.6) is 0 Å². The minimum absolute atomic E-state index is 0.247. The number of anilines is 1. The van der Waals surface area contributed by atoms with E-state index in [0.717, 1.165) is 31.2 Å². The average Bonchev–Trinajstić information content (AvgIpc) is 2.92. The van der Waals surface area contributed by atoms with Crippen LogP contribution in [0.1, 0.15) is 36.8 Å². The van der Waals surface area contributed by atoms with Gasteiger partial charge in [0.15, 0.2) is 0 Å². The predicted molar refractivity (Wildman–Crippen MR) is 79.9 cm³/mol. The lowest BCUT2D eigenvalue weighted by atomic mass is 10.1. The molecule has 1 aliphatic carbocycles. The van der Waals surface area contributed by atoms with Gasteiger partial charge in [-0.05, 0) is 37.5 Å². The maximum absolute atomic E-state index is 12.3. The van der Waals surface area contributed by atoms with E-state index in [1.54, 1.807) is 12.1 Å². The number of rotatable bonds is 3. The van der Waals surface area contributed by atoms with Crippen molar-refractivity contribution in [3.05, 3.63) is 29.3 Å². The first-order chi connectivity index (χ1) is 9.53. The van der Waals surface area contributed by atoms with Crippen LogP contribution in [0.2, 0.25) is 0 Å². The van der Waals surface area contributed by atoms with Gasteiger partial charge in [-0.2, -0.15) is 0 Å². The van der Waals surface area contributed by atoms with Crippen molar-refractivity contribution >= 4 is 15.7 Å². The minimum Gasteiger partial charge on any atom is -0.384 e. The number of hydrogen-bond donors (Lipinski definition) is 2. The molecule has 4 nitrogen and oxygen atoms in total. The molecule has 0 bridgehead atoms. The normalized spacial score (nSPS) is 15.7. The van der Waals surface area contributed by atoms with E-state index < -0.39 is 10.0 Å². The van der Waals surface area contributed by atoms with Gasteiger partial charge in [-0.15, -0.1) is 0 Å². The molecule has 108 valence electrons. The van der Waals surface area contributed by atoms with E-state index in [2.05, 4.69) is 16.6 Å². The molecule has 0 spiro atoms. The molecule has 1 saturated carbocycles. The molecule has 0 saturated heterocycles. The van der Waals surface area contributed by atoms with Gasteiger partial charge in [-0.1, -0.05) is 30.7 Å². The summed E-state index contributed by atoms with van der Waals surface area (Å²) in [6.45, 7) is 1.65. The lowest BCUT2D eigenvalue weighted by Gasteiger charge is -2.15. The Morgan fingerprint density at radius 3 is 2.70 bits per heavy atom. The molecule has 1 aliphatic rings. The van der Waals surface area contributed by atoms with E-state index in [1.165, 1.54) is 0 Å². The lowest BCUT2D eigenvalue weighted by molar-refractivity contribution is 0.350. The number of aliphatic hydroxyl groups excluding tert-OH is 1. The van der Waals surface area contributed by atoms with Crippen molar-refractivity contribution in [1.29, 1.82) is 0 Å². The van der Waals surface area contributed by atoms with Gasteiger partial charge < -0.3 is 5.11 Å². The maximum Gasteiger partial charge on any atom is 0.235 e. The molecule has 2 rings (SSSR count). The molecule has 1 aromatic rings. The van der Waals surface area contributed by atoms with Crippen LogP contribution in [0.3, 0.4) is 0 Å². The number of sulfonamides is 1. The van der Waals surface area contributed by atoms with Crippen LogP contribution in [0.4, 0.5) is 5.69 Å². The van der Waals surface area contributed by atoms with Gasteiger partial charge in [-0.25, -0.2) is 8.42 Å². The number of hydrogen-bond acceptors (Lipinski definition) is 3. The van der Waals surface area contributed by atoms with Crippen LogP contribution in [0.25, 0.3) is 0 Å². The van der Waals surface area contributed by atoms with E-state index in [0.29, 0.717) is 11.3 Å². The Labute approximate surface area is 120 Å². The topological polar surface area (TPSA) is 66.4 Å². The Bertz CT molecular complexity index is 635. The Balaban J connectivity index is 2.29. The van der Waals surface area contributed by atoms with E-state index in [1.807, 2.05) is 13.0 Å². The molecule has 20 heavy (non-hydrogen) atoms. The molecule has 5 heteroatoms. The second-order valence-electron chi connectivity index (χ2n) is 5.06. The summed E-state index contributed by atoms with van der Waals surface area (Å²) in [5, 5.41) is 8.46. The van der Waals surface area contributed by atoms with Gasteiger partial charge >= 0.3 is 0 Å². The summed E-state index contributed by atoms with van der Waals surface area (Å²) in [5.41, 5.74) is 2.05. The van der Waals surface area contributed by atoms with Crippen LogP contribution in [0.15, 0.2) is 18.2 Å². The van der Waals surface area contributed by atoms with Crippen molar-refractivity contribution in [2.24, 2.45) is 0 Å². The highest BCUT2D eigenvalue weighted by molar-refractivity contribution is 7.93. The molecule has 0 aromatic heterocycles. The van der Waals surface area contributed by atoms with Crippen molar-refractivity contribution in [3.8, 4) is 11.8 Å². The van der Waals surface area contributed by atoms with Gasteiger partial charge in [-0.3, -0.25) is 4.72 Å². The zero-order valence-corrected chi connectivity index (χ0v) is 12.3.